The molecule has 7 nitrogen and oxygen atoms in total. The van der Waals surface area contributed by atoms with Gasteiger partial charge in [0.2, 0.25) is 0 Å². The molecule has 26 heavy (non-hydrogen) atoms. The molecule has 0 saturated carbocycles. The van der Waals surface area contributed by atoms with Crippen molar-refractivity contribution in [3.63, 3.8) is 0 Å². The van der Waals surface area contributed by atoms with E-state index < -0.39 is 0 Å². The number of carbonyl (C=O) groups excluding carboxylic acids is 1. The van der Waals surface area contributed by atoms with Crippen molar-refractivity contribution in [2.75, 3.05) is 13.2 Å². The third kappa shape index (κ3) is 4.05. The van der Waals surface area contributed by atoms with E-state index in [2.05, 4.69) is 15.5 Å². The Kier molecular flexibility index (Phi) is 5.90. The van der Waals surface area contributed by atoms with E-state index in [0.29, 0.717) is 31.1 Å². The normalized spacial score (nSPS) is 20.0. The fourth-order valence-electron chi connectivity index (χ4n) is 3.08. The molecule has 7 heteroatoms. The van der Waals surface area contributed by atoms with Gasteiger partial charge in [0.25, 0.3) is 5.91 Å². The van der Waals surface area contributed by atoms with Gasteiger partial charge in [-0.25, -0.2) is 0 Å². The van der Waals surface area contributed by atoms with Crippen LogP contribution in [0.3, 0.4) is 0 Å². The Morgan fingerprint density at radius 2 is 2.19 bits per heavy atom. The molecule has 0 radical (unpaired) electrons. The minimum absolute atomic E-state index is 0.00569. The summed E-state index contributed by atoms with van der Waals surface area (Å²) in [5.74, 6) is 0.482. The van der Waals surface area contributed by atoms with E-state index in [4.69, 9.17) is 14.6 Å². The molecular weight excluding hydrogens is 334 g/mol. The van der Waals surface area contributed by atoms with E-state index in [1.165, 1.54) is 0 Å². The molecule has 1 fully saturated rings. The molecule has 0 aliphatic carbocycles. The van der Waals surface area contributed by atoms with Crippen LogP contribution < -0.4 is 10.1 Å². The molecule has 1 amide bonds. The summed E-state index contributed by atoms with van der Waals surface area (Å²) in [6.07, 6.45) is 1.20. The molecule has 0 bridgehead atoms. The van der Waals surface area contributed by atoms with E-state index in [0.717, 1.165) is 23.2 Å². The second-order valence-corrected chi connectivity index (χ2v) is 6.43. The number of carbonyl (C=O) groups is 1. The van der Waals surface area contributed by atoms with Gasteiger partial charge in [-0.2, -0.15) is 5.10 Å². The summed E-state index contributed by atoms with van der Waals surface area (Å²) in [5.41, 5.74) is 3.11. The van der Waals surface area contributed by atoms with Gasteiger partial charge in [-0.1, -0.05) is 19.1 Å². The molecule has 1 aromatic heterocycles. The lowest BCUT2D eigenvalue weighted by atomic mass is 10.0. The monoisotopic (exact) mass is 359 g/mol. The predicted octanol–water partition coefficient (Wildman–Crippen LogP) is 1.74. The van der Waals surface area contributed by atoms with Crippen LogP contribution in [0.1, 0.15) is 40.7 Å². The fourth-order valence-corrected chi connectivity index (χ4v) is 3.08. The maximum atomic E-state index is 12.6. The number of ether oxygens (including phenoxy) is 2. The number of aryl methyl sites for hydroxylation is 1. The molecule has 140 valence electrons. The maximum Gasteiger partial charge on any atom is 0.272 e. The van der Waals surface area contributed by atoms with Crippen LogP contribution >= 0.6 is 0 Å². The minimum atomic E-state index is -0.280. The first-order chi connectivity index (χ1) is 12.6. The number of nitrogens with one attached hydrogen (secondary N) is 2. The smallest absolute Gasteiger partial charge is 0.272 e. The van der Waals surface area contributed by atoms with Crippen LogP contribution in [0.15, 0.2) is 24.3 Å². The van der Waals surface area contributed by atoms with Crippen molar-refractivity contribution in [1.82, 2.24) is 15.5 Å². The Morgan fingerprint density at radius 3 is 2.85 bits per heavy atom. The zero-order chi connectivity index (χ0) is 18.5. The molecule has 3 N–H and O–H groups in total. The fraction of sp³-hybridized carbons (Fsp3) is 0.474. The van der Waals surface area contributed by atoms with Crippen molar-refractivity contribution >= 4 is 5.91 Å². The second-order valence-electron chi connectivity index (χ2n) is 6.43. The zero-order valence-electron chi connectivity index (χ0n) is 15.1. The number of rotatable bonds is 6. The van der Waals surface area contributed by atoms with Crippen molar-refractivity contribution in [3.05, 3.63) is 46.8 Å². The molecule has 1 aromatic carbocycles. The number of aliphatic hydroxyl groups excluding tert-OH is 1. The zero-order valence-corrected chi connectivity index (χ0v) is 15.1. The Balaban J connectivity index is 1.67. The van der Waals surface area contributed by atoms with Gasteiger partial charge in [0, 0.05) is 17.9 Å². The van der Waals surface area contributed by atoms with Gasteiger partial charge in [-0.15, -0.1) is 0 Å². The minimum Gasteiger partial charge on any atom is -0.486 e. The van der Waals surface area contributed by atoms with Gasteiger partial charge < -0.3 is 19.9 Å². The standard InChI is InChI=1S/C19H25N3O4/c1-3-15-12(2)18(22-21-15)19(24)20-16-8-9-25-11-17(16)26-14-6-4-13(10-23)5-7-14/h4-7,16-17,23H,3,8-11H2,1-2H3,(H,20,24)(H,21,22)/t16-,17-/m1/s1. The topological polar surface area (TPSA) is 96.5 Å². The number of benzene rings is 1. The van der Waals surface area contributed by atoms with Crippen molar-refractivity contribution in [3.8, 4) is 5.75 Å². The SMILES string of the molecule is CCc1[nH]nc(C(=O)N[C@@H]2CCOC[C@H]2Oc2ccc(CO)cc2)c1C. The lowest BCUT2D eigenvalue weighted by Gasteiger charge is -2.32. The molecule has 0 unspecified atom stereocenters. The van der Waals surface area contributed by atoms with Crippen LogP contribution in [0.25, 0.3) is 0 Å². The van der Waals surface area contributed by atoms with Crippen molar-refractivity contribution in [1.29, 1.82) is 0 Å². The Morgan fingerprint density at radius 1 is 1.42 bits per heavy atom. The molecule has 2 aromatic rings. The number of H-pyrrole nitrogens is 1. The first-order valence-electron chi connectivity index (χ1n) is 8.91. The summed E-state index contributed by atoms with van der Waals surface area (Å²) in [7, 11) is 0. The average molecular weight is 359 g/mol. The third-order valence-corrected chi connectivity index (χ3v) is 4.69. The van der Waals surface area contributed by atoms with Crippen LogP contribution in [0.4, 0.5) is 0 Å². The summed E-state index contributed by atoms with van der Waals surface area (Å²) in [4.78, 5) is 12.6. The van der Waals surface area contributed by atoms with Gasteiger partial charge in [-0.05, 0) is 37.5 Å². The molecule has 1 aliphatic heterocycles. The van der Waals surface area contributed by atoms with E-state index in [1.807, 2.05) is 38.1 Å². The summed E-state index contributed by atoms with van der Waals surface area (Å²) in [5, 5.41) is 19.2. The summed E-state index contributed by atoms with van der Waals surface area (Å²) < 4.78 is 11.5. The number of aromatic nitrogens is 2. The van der Waals surface area contributed by atoms with Crippen molar-refractivity contribution in [2.45, 2.75) is 45.4 Å². The maximum absolute atomic E-state index is 12.6. The van der Waals surface area contributed by atoms with Crippen molar-refractivity contribution in [2.24, 2.45) is 0 Å². The molecule has 2 heterocycles. The van der Waals surface area contributed by atoms with E-state index in [-0.39, 0.29) is 24.7 Å². The van der Waals surface area contributed by atoms with Gasteiger partial charge in [-0.3, -0.25) is 9.89 Å². The highest BCUT2D eigenvalue weighted by Gasteiger charge is 2.30. The van der Waals surface area contributed by atoms with E-state index in [1.54, 1.807) is 0 Å². The summed E-state index contributed by atoms with van der Waals surface area (Å²) >= 11 is 0. The highest BCUT2D eigenvalue weighted by atomic mass is 16.5. The van der Waals surface area contributed by atoms with Gasteiger partial charge in [0.15, 0.2) is 5.69 Å². The van der Waals surface area contributed by atoms with Crippen LogP contribution in [0.5, 0.6) is 5.75 Å². The number of hydrogen-bond acceptors (Lipinski definition) is 5. The van der Waals surface area contributed by atoms with Crippen LogP contribution in [-0.2, 0) is 17.8 Å². The van der Waals surface area contributed by atoms with Crippen LogP contribution in [0.2, 0.25) is 0 Å². The lowest BCUT2D eigenvalue weighted by molar-refractivity contribution is -0.0135. The molecular formula is C19H25N3O4. The molecule has 1 aliphatic rings. The largest absolute Gasteiger partial charge is 0.486 e. The summed E-state index contributed by atoms with van der Waals surface area (Å²) in [6, 6.07) is 7.09. The van der Waals surface area contributed by atoms with Crippen LogP contribution in [-0.4, -0.2) is 46.6 Å². The highest BCUT2D eigenvalue weighted by molar-refractivity contribution is 5.94. The highest BCUT2D eigenvalue weighted by Crippen LogP contribution is 2.19. The first kappa shape index (κ1) is 18.4. The van der Waals surface area contributed by atoms with Crippen LogP contribution in [0, 0.1) is 6.92 Å². The Bertz CT molecular complexity index is 742. The molecule has 2 atom stereocenters. The van der Waals surface area contributed by atoms with Crippen molar-refractivity contribution < 1.29 is 19.4 Å². The van der Waals surface area contributed by atoms with E-state index in [9.17, 15) is 4.79 Å². The first-order valence-corrected chi connectivity index (χ1v) is 8.91. The number of aromatic amines is 1. The van der Waals surface area contributed by atoms with E-state index >= 15 is 0 Å². The number of hydrogen-bond donors (Lipinski definition) is 3. The molecule has 1 saturated heterocycles. The lowest BCUT2D eigenvalue weighted by Crippen LogP contribution is -2.51. The summed E-state index contributed by atoms with van der Waals surface area (Å²) in [6.45, 7) is 4.90. The van der Waals surface area contributed by atoms with Gasteiger partial charge >= 0.3 is 0 Å². The number of nitrogens with zero attached hydrogens (tertiary/aromatic N) is 1. The number of amides is 1. The van der Waals surface area contributed by atoms with Gasteiger partial charge in [0.05, 0.1) is 19.3 Å². The Hall–Kier alpha value is -2.38. The Labute approximate surface area is 152 Å². The number of aliphatic hydroxyl groups is 1. The molecule has 3 rings (SSSR count). The average Bonchev–Trinajstić information content (AvgIpc) is 3.04. The predicted molar refractivity (Wildman–Crippen MR) is 96.2 cm³/mol. The quantitative estimate of drug-likeness (QED) is 0.730. The molecule has 0 spiro atoms. The third-order valence-electron chi connectivity index (χ3n) is 4.69. The van der Waals surface area contributed by atoms with Gasteiger partial charge in [0.1, 0.15) is 11.9 Å². The second kappa shape index (κ2) is 8.33.